The Bertz CT molecular complexity index is 1280. The molecule has 0 aromatic heterocycles. The number of aryl methyl sites for hydroxylation is 2. The average Bonchev–Trinajstić information content (AvgIpc) is 3.16. The first-order valence-corrected chi connectivity index (χ1v) is 11.9. The summed E-state index contributed by atoms with van der Waals surface area (Å²) in [4.78, 5) is 28.2. The second-order valence-electron chi connectivity index (χ2n) is 8.20. The number of thioether (sulfide) groups is 1. The van der Waals surface area contributed by atoms with Gasteiger partial charge in [0.25, 0.3) is 5.91 Å². The molecule has 1 unspecified atom stereocenters. The third kappa shape index (κ3) is 5.05. The highest BCUT2D eigenvalue weighted by Gasteiger charge is 2.40. The number of nitriles is 1. The highest BCUT2D eigenvalue weighted by atomic mass is 32.2. The Hall–Kier alpha value is -3.82. The van der Waals surface area contributed by atoms with E-state index >= 15 is 0 Å². The molecule has 4 rings (SSSR count). The van der Waals surface area contributed by atoms with Crippen LogP contribution in [0.5, 0.6) is 0 Å². The van der Waals surface area contributed by atoms with Crippen LogP contribution in [0.1, 0.15) is 22.3 Å². The number of nitrogens with one attached hydrogen (secondary N) is 1. The molecule has 34 heavy (non-hydrogen) atoms. The van der Waals surface area contributed by atoms with Crippen LogP contribution < -0.4 is 10.2 Å². The van der Waals surface area contributed by atoms with Gasteiger partial charge in [0.2, 0.25) is 5.91 Å². The summed E-state index contributed by atoms with van der Waals surface area (Å²) >= 11 is 1.28. The smallest absolute Gasteiger partial charge is 0.264 e. The van der Waals surface area contributed by atoms with Gasteiger partial charge >= 0.3 is 0 Å². The van der Waals surface area contributed by atoms with Crippen molar-refractivity contribution in [3.63, 3.8) is 0 Å². The van der Waals surface area contributed by atoms with E-state index in [0.29, 0.717) is 23.7 Å². The first kappa shape index (κ1) is 23.3. The molecule has 1 N–H and O–H groups in total. The molecule has 0 aliphatic carbocycles. The van der Waals surface area contributed by atoms with E-state index in [4.69, 9.17) is 0 Å². The molecule has 3 aromatic rings. The molecule has 1 fully saturated rings. The van der Waals surface area contributed by atoms with Gasteiger partial charge in [0.15, 0.2) is 0 Å². The fourth-order valence-corrected chi connectivity index (χ4v) is 5.09. The van der Waals surface area contributed by atoms with Crippen LogP contribution in [0.15, 0.2) is 89.5 Å². The molecular weight excluding hydrogens is 442 g/mol. The topological polar surface area (TPSA) is 73.2 Å². The quantitative estimate of drug-likeness (QED) is 0.407. The van der Waals surface area contributed by atoms with Gasteiger partial charge in [-0.3, -0.25) is 14.5 Å². The highest BCUT2D eigenvalue weighted by Crippen LogP contribution is 2.42. The molecule has 0 saturated carbocycles. The van der Waals surface area contributed by atoms with Gasteiger partial charge in [0.05, 0.1) is 5.25 Å². The Balaban J connectivity index is 1.69. The molecule has 6 heteroatoms. The van der Waals surface area contributed by atoms with Gasteiger partial charge in [0.1, 0.15) is 16.7 Å². The van der Waals surface area contributed by atoms with Gasteiger partial charge in [-0.2, -0.15) is 5.26 Å². The van der Waals surface area contributed by atoms with Crippen LogP contribution in [0, 0.1) is 25.2 Å². The van der Waals surface area contributed by atoms with Crippen molar-refractivity contribution in [2.24, 2.45) is 0 Å². The number of rotatable bonds is 6. The van der Waals surface area contributed by atoms with Gasteiger partial charge in [-0.1, -0.05) is 78.5 Å². The molecular formula is C28H25N3O2S. The number of carbonyl (C=O) groups excluding carboxylic acids is 2. The fourth-order valence-electron chi connectivity index (χ4n) is 3.78. The molecule has 1 saturated heterocycles. The van der Waals surface area contributed by atoms with Crippen molar-refractivity contribution in [1.82, 2.24) is 5.32 Å². The Morgan fingerprint density at radius 1 is 0.971 bits per heavy atom. The molecule has 1 aliphatic heterocycles. The second kappa shape index (κ2) is 10.4. The predicted molar refractivity (Wildman–Crippen MR) is 136 cm³/mol. The van der Waals surface area contributed by atoms with Crippen LogP contribution >= 0.6 is 11.8 Å². The minimum Gasteiger partial charge on any atom is -0.347 e. The van der Waals surface area contributed by atoms with Gasteiger partial charge in [-0.25, -0.2) is 0 Å². The van der Waals surface area contributed by atoms with Crippen molar-refractivity contribution in [2.75, 3.05) is 4.90 Å². The van der Waals surface area contributed by atoms with Crippen LogP contribution in [0.4, 0.5) is 5.69 Å². The Morgan fingerprint density at radius 3 is 2.24 bits per heavy atom. The van der Waals surface area contributed by atoms with E-state index in [1.54, 1.807) is 0 Å². The molecule has 2 amide bonds. The van der Waals surface area contributed by atoms with E-state index < -0.39 is 11.2 Å². The number of hydrogen-bond donors (Lipinski definition) is 1. The maximum Gasteiger partial charge on any atom is 0.264 e. The van der Waals surface area contributed by atoms with Crippen LogP contribution in [0.3, 0.4) is 0 Å². The summed E-state index contributed by atoms with van der Waals surface area (Å²) in [6, 6.07) is 27.1. The van der Waals surface area contributed by atoms with Crippen LogP contribution in [0.2, 0.25) is 0 Å². The standard InChI is InChI=1S/C28H25N3O2S/c1-19-13-14-23(15-20(19)2)31-27(33)25(16-21-9-5-3-6-10-21)34-28(31)24(17-29)26(32)30-18-22-11-7-4-8-12-22/h3-15,25H,16,18H2,1-2H3,(H,30,32)/b28-24-. The fraction of sp³-hybridized carbons (Fsp3) is 0.179. The maximum absolute atomic E-state index is 13.6. The molecule has 3 aromatic carbocycles. The minimum absolute atomic E-state index is 0.0527. The number of carbonyl (C=O) groups is 2. The number of nitrogens with zero attached hydrogens (tertiary/aromatic N) is 2. The van der Waals surface area contributed by atoms with E-state index in [9.17, 15) is 14.9 Å². The number of amides is 2. The molecule has 0 bridgehead atoms. The van der Waals surface area contributed by atoms with Crippen LogP contribution in [-0.2, 0) is 22.6 Å². The molecule has 1 aliphatic rings. The lowest BCUT2D eigenvalue weighted by Crippen LogP contribution is -2.32. The number of anilines is 1. The van der Waals surface area contributed by atoms with E-state index in [-0.39, 0.29) is 11.5 Å². The maximum atomic E-state index is 13.6. The molecule has 5 nitrogen and oxygen atoms in total. The van der Waals surface area contributed by atoms with Crippen LogP contribution in [-0.4, -0.2) is 17.1 Å². The summed E-state index contributed by atoms with van der Waals surface area (Å²) in [5.41, 5.74) is 4.71. The monoisotopic (exact) mass is 467 g/mol. The summed E-state index contributed by atoms with van der Waals surface area (Å²) < 4.78 is 0. The van der Waals surface area contributed by atoms with Crippen molar-refractivity contribution in [3.8, 4) is 6.07 Å². The normalized spacial score (nSPS) is 16.8. The van der Waals surface area contributed by atoms with Crippen molar-refractivity contribution in [2.45, 2.75) is 32.1 Å². The summed E-state index contributed by atoms with van der Waals surface area (Å²) in [5, 5.41) is 12.7. The number of benzene rings is 3. The Morgan fingerprint density at radius 2 is 1.62 bits per heavy atom. The third-order valence-electron chi connectivity index (χ3n) is 5.81. The van der Waals surface area contributed by atoms with Gasteiger partial charge < -0.3 is 5.32 Å². The molecule has 0 spiro atoms. The van der Waals surface area contributed by atoms with E-state index in [1.165, 1.54) is 16.7 Å². The average molecular weight is 468 g/mol. The largest absolute Gasteiger partial charge is 0.347 e. The van der Waals surface area contributed by atoms with Gasteiger partial charge in [0, 0.05) is 12.2 Å². The van der Waals surface area contributed by atoms with Crippen molar-refractivity contribution in [3.05, 3.63) is 112 Å². The van der Waals surface area contributed by atoms with E-state index in [1.807, 2.05) is 92.7 Å². The highest BCUT2D eigenvalue weighted by molar-refractivity contribution is 8.05. The first-order valence-electron chi connectivity index (χ1n) is 11.1. The SMILES string of the molecule is Cc1ccc(N2C(=O)C(Cc3ccccc3)S/C2=C(/C#N)C(=O)NCc2ccccc2)cc1C. The summed E-state index contributed by atoms with van der Waals surface area (Å²) in [6.45, 7) is 4.29. The predicted octanol–water partition coefficient (Wildman–Crippen LogP) is 5.05. The van der Waals surface area contributed by atoms with E-state index in [0.717, 1.165) is 22.3 Å². The van der Waals surface area contributed by atoms with Crippen molar-refractivity contribution >= 4 is 29.3 Å². The summed E-state index contributed by atoms with van der Waals surface area (Å²) in [5.74, 6) is -0.619. The number of hydrogen-bond acceptors (Lipinski definition) is 4. The summed E-state index contributed by atoms with van der Waals surface area (Å²) in [6.07, 6.45) is 0.513. The van der Waals surface area contributed by atoms with Crippen molar-refractivity contribution < 1.29 is 9.59 Å². The van der Waals surface area contributed by atoms with Gasteiger partial charge in [-0.05, 0) is 54.7 Å². The first-order chi connectivity index (χ1) is 16.5. The zero-order chi connectivity index (χ0) is 24.1. The molecule has 1 heterocycles. The minimum atomic E-state index is -0.490. The Kier molecular flexibility index (Phi) is 7.15. The zero-order valence-corrected chi connectivity index (χ0v) is 19.9. The van der Waals surface area contributed by atoms with E-state index in [2.05, 4.69) is 11.4 Å². The van der Waals surface area contributed by atoms with Crippen LogP contribution in [0.25, 0.3) is 0 Å². The zero-order valence-electron chi connectivity index (χ0n) is 19.1. The lowest BCUT2D eigenvalue weighted by molar-refractivity contribution is -0.117. The third-order valence-corrected chi connectivity index (χ3v) is 7.08. The van der Waals surface area contributed by atoms with Gasteiger partial charge in [-0.15, -0.1) is 0 Å². The lowest BCUT2D eigenvalue weighted by atomic mass is 10.1. The Labute approximate surface area is 204 Å². The summed E-state index contributed by atoms with van der Waals surface area (Å²) in [7, 11) is 0. The molecule has 1 atom stereocenters. The lowest BCUT2D eigenvalue weighted by Gasteiger charge is -2.20. The van der Waals surface area contributed by atoms with Crippen molar-refractivity contribution in [1.29, 1.82) is 5.26 Å². The molecule has 0 radical (unpaired) electrons. The second-order valence-corrected chi connectivity index (χ2v) is 9.39. The molecule has 170 valence electrons.